The summed E-state index contributed by atoms with van der Waals surface area (Å²) in [5.74, 6) is -0.740. The Morgan fingerprint density at radius 2 is 1.63 bits per heavy atom. The van der Waals surface area contributed by atoms with E-state index in [-0.39, 0.29) is 12.5 Å². The topological polar surface area (TPSA) is 69.7 Å². The van der Waals surface area contributed by atoms with Crippen molar-refractivity contribution in [1.29, 1.82) is 0 Å². The number of likely N-dealkylation sites (N-methyl/N-ethyl adjacent to an activating group) is 1. The second kappa shape index (κ2) is 7.63. The van der Waals surface area contributed by atoms with Gasteiger partial charge in [-0.1, -0.05) is 66.7 Å². The Balaban J connectivity index is 1.61. The van der Waals surface area contributed by atoms with Crippen LogP contribution in [0, 0.1) is 0 Å². The van der Waals surface area contributed by atoms with Gasteiger partial charge >= 0.3 is 6.03 Å². The number of hydrogen-bond donors (Lipinski definition) is 1. The number of anilines is 1. The van der Waals surface area contributed by atoms with Crippen molar-refractivity contribution in [3.05, 3.63) is 78.4 Å². The van der Waals surface area contributed by atoms with Crippen molar-refractivity contribution in [2.45, 2.75) is 19.4 Å². The predicted molar refractivity (Wildman–Crippen MR) is 116 cm³/mol. The normalized spacial score (nSPS) is 18.5. The Morgan fingerprint density at radius 3 is 2.37 bits per heavy atom. The summed E-state index contributed by atoms with van der Waals surface area (Å²) in [6, 6.07) is 22.1. The Bertz CT molecular complexity index is 1120. The molecule has 1 N–H and O–H groups in total. The van der Waals surface area contributed by atoms with Crippen LogP contribution in [0.25, 0.3) is 10.8 Å². The van der Waals surface area contributed by atoms with E-state index in [4.69, 9.17) is 0 Å². The Kier molecular flexibility index (Phi) is 4.99. The molecule has 30 heavy (non-hydrogen) atoms. The fourth-order valence-electron chi connectivity index (χ4n) is 3.95. The molecular formula is C24H23N3O3. The fraction of sp³-hybridized carbons (Fsp3) is 0.208. The first-order valence-corrected chi connectivity index (χ1v) is 9.93. The molecule has 1 fully saturated rings. The van der Waals surface area contributed by atoms with Gasteiger partial charge in [0, 0.05) is 11.9 Å². The number of imide groups is 1. The van der Waals surface area contributed by atoms with Gasteiger partial charge in [-0.2, -0.15) is 0 Å². The van der Waals surface area contributed by atoms with E-state index in [9.17, 15) is 14.4 Å². The van der Waals surface area contributed by atoms with Crippen molar-refractivity contribution in [3.63, 3.8) is 0 Å². The largest absolute Gasteiger partial charge is 0.325 e. The molecule has 4 rings (SSSR count). The number of carbonyl (C=O) groups excluding carboxylic acids is 3. The lowest BCUT2D eigenvalue weighted by molar-refractivity contribution is -0.134. The lowest BCUT2D eigenvalue weighted by atomic mass is 9.92. The summed E-state index contributed by atoms with van der Waals surface area (Å²) in [6.07, 6.45) is 0. The number of hydrogen-bond acceptors (Lipinski definition) is 3. The molecule has 6 nitrogen and oxygen atoms in total. The van der Waals surface area contributed by atoms with Crippen LogP contribution in [0.15, 0.2) is 72.8 Å². The van der Waals surface area contributed by atoms with E-state index >= 15 is 0 Å². The van der Waals surface area contributed by atoms with Crippen molar-refractivity contribution < 1.29 is 14.4 Å². The Morgan fingerprint density at radius 1 is 0.967 bits per heavy atom. The summed E-state index contributed by atoms with van der Waals surface area (Å²) >= 11 is 0. The van der Waals surface area contributed by atoms with Crippen LogP contribution < -0.4 is 10.2 Å². The molecule has 6 heteroatoms. The number of benzene rings is 3. The molecule has 4 amide bonds. The number of nitrogens with one attached hydrogen (secondary N) is 1. The third-order valence-corrected chi connectivity index (χ3v) is 5.59. The number of rotatable bonds is 5. The average molecular weight is 401 g/mol. The molecule has 1 saturated heterocycles. The second-order valence-corrected chi connectivity index (χ2v) is 7.45. The van der Waals surface area contributed by atoms with Gasteiger partial charge in [0.05, 0.1) is 5.69 Å². The average Bonchev–Trinajstić information content (AvgIpc) is 2.99. The van der Waals surface area contributed by atoms with Gasteiger partial charge in [0.1, 0.15) is 12.1 Å². The zero-order chi connectivity index (χ0) is 21.3. The van der Waals surface area contributed by atoms with E-state index < -0.39 is 17.5 Å². The minimum atomic E-state index is -1.19. The van der Waals surface area contributed by atoms with Crippen LogP contribution in [0.1, 0.15) is 19.4 Å². The highest BCUT2D eigenvalue weighted by atomic mass is 16.2. The van der Waals surface area contributed by atoms with E-state index in [2.05, 4.69) is 5.32 Å². The molecule has 0 saturated carbocycles. The van der Waals surface area contributed by atoms with Gasteiger partial charge in [-0.3, -0.25) is 14.5 Å². The molecule has 0 aromatic heterocycles. The smallest absolute Gasteiger partial charge is 0.319 e. The van der Waals surface area contributed by atoms with Gasteiger partial charge in [0.25, 0.3) is 5.91 Å². The summed E-state index contributed by atoms with van der Waals surface area (Å²) in [6.45, 7) is 3.64. The van der Waals surface area contributed by atoms with Crippen molar-refractivity contribution in [2.75, 3.05) is 18.0 Å². The first-order chi connectivity index (χ1) is 14.5. The zero-order valence-corrected chi connectivity index (χ0v) is 17.0. The lowest BCUT2D eigenvalue weighted by Crippen LogP contribution is -2.44. The molecule has 3 aromatic carbocycles. The molecule has 1 heterocycles. The van der Waals surface area contributed by atoms with E-state index in [0.29, 0.717) is 12.1 Å². The molecule has 1 atom stereocenters. The van der Waals surface area contributed by atoms with Gasteiger partial charge in [0.2, 0.25) is 5.91 Å². The highest BCUT2D eigenvalue weighted by Gasteiger charge is 2.49. The van der Waals surface area contributed by atoms with Gasteiger partial charge in [-0.15, -0.1) is 0 Å². The highest BCUT2D eigenvalue weighted by molar-refractivity contribution is 6.11. The van der Waals surface area contributed by atoms with E-state index in [1.807, 2.05) is 67.6 Å². The fourth-order valence-corrected chi connectivity index (χ4v) is 3.95. The maximum Gasteiger partial charge on any atom is 0.325 e. The Labute approximate surface area is 175 Å². The van der Waals surface area contributed by atoms with Crippen molar-refractivity contribution in [3.8, 4) is 0 Å². The van der Waals surface area contributed by atoms with E-state index in [1.165, 1.54) is 0 Å². The molecule has 152 valence electrons. The van der Waals surface area contributed by atoms with Gasteiger partial charge in [-0.25, -0.2) is 4.79 Å². The minimum absolute atomic E-state index is 0.310. The molecule has 0 bridgehead atoms. The third-order valence-electron chi connectivity index (χ3n) is 5.59. The molecule has 0 spiro atoms. The van der Waals surface area contributed by atoms with Crippen LogP contribution in [0.5, 0.6) is 0 Å². The van der Waals surface area contributed by atoms with Crippen LogP contribution in [-0.2, 0) is 15.1 Å². The van der Waals surface area contributed by atoms with E-state index in [0.717, 1.165) is 21.4 Å². The summed E-state index contributed by atoms with van der Waals surface area (Å²) in [7, 11) is 0. The summed E-state index contributed by atoms with van der Waals surface area (Å²) in [5, 5.41) is 4.71. The lowest BCUT2D eigenvalue weighted by Gasteiger charge is -2.25. The zero-order valence-electron chi connectivity index (χ0n) is 17.0. The Hall–Kier alpha value is -3.67. The van der Waals surface area contributed by atoms with Crippen molar-refractivity contribution in [1.82, 2.24) is 10.2 Å². The quantitative estimate of drug-likeness (QED) is 0.664. The molecule has 3 aromatic rings. The third kappa shape index (κ3) is 3.20. The van der Waals surface area contributed by atoms with Crippen LogP contribution in [-0.4, -0.2) is 35.8 Å². The second-order valence-electron chi connectivity index (χ2n) is 7.45. The molecule has 1 aliphatic rings. The summed E-state index contributed by atoms with van der Waals surface area (Å²) in [5.41, 5.74) is 0.257. The van der Waals surface area contributed by atoms with Crippen LogP contribution in [0.4, 0.5) is 10.5 Å². The number of carbonyl (C=O) groups is 3. The number of amides is 4. The molecule has 0 radical (unpaired) electrons. The number of nitrogens with zero attached hydrogens (tertiary/aromatic N) is 2. The molecule has 0 aliphatic carbocycles. The van der Waals surface area contributed by atoms with Gasteiger partial charge < -0.3 is 10.2 Å². The van der Waals surface area contributed by atoms with Crippen molar-refractivity contribution in [2.24, 2.45) is 0 Å². The maximum atomic E-state index is 13.2. The van der Waals surface area contributed by atoms with Crippen molar-refractivity contribution >= 4 is 34.3 Å². The van der Waals surface area contributed by atoms with Gasteiger partial charge in [-0.05, 0) is 30.9 Å². The maximum absolute atomic E-state index is 13.2. The summed E-state index contributed by atoms with van der Waals surface area (Å²) in [4.78, 5) is 41.5. The minimum Gasteiger partial charge on any atom is -0.319 e. The van der Waals surface area contributed by atoms with Crippen LogP contribution >= 0.6 is 0 Å². The van der Waals surface area contributed by atoms with Gasteiger partial charge in [0.15, 0.2) is 0 Å². The number of urea groups is 1. The van der Waals surface area contributed by atoms with E-state index in [1.54, 1.807) is 24.0 Å². The van der Waals surface area contributed by atoms with Crippen LogP contribution in [0.2, 0.25) is 0 Å². The predicted octanol–water partition coefficient (Wildman–Crippen LogP) is 3.66. The summed E-state index contributed by atoms with van der Waals surface area (Å²) < 4.78 is 0. The highest BCUT2D eigenvalue weighted by Crippen LogP contribution is 2.30. The first kappa shape index (κ1) is 19.6. The standard InChI is InChI=1S/C24H23N3O3/c1-3-26(20-15-9-11-17-10-7-8-14-19(17)20)21(28)16-27-22(29)24(2,25-23(27)30)18-12-5-4-6-13-18/h4-15H,3,16H2,1-2H3,(H,25,30)/t24-/m1/s1. The number of fused-ring (bicyclic) bond motifs is 1. The molecular weight excluding hydrogens is 378 g/mol. The SMILES string of the molecule is CCN(C(=O)CN1C(=O)N[C@](C)(c2ccccc2)C1=O)c1cccc2ccccc12. The van der Waals surface area contributed by atoms with Crippen LogP contribution in [0.3, 0.4) is 0 Å². The monoisotopic (exact) mass is 401 g/mol. The molecule has 1 aliphatic heterocycles. The molecule has 0 unspecified atom stereocenters. The first-order valence-electron chi connectivity index (χ1n) is 9.93.